The Kier molecular flexibility index (Phi) is 4.37. The van der Waals surface area contributed by atoms with E-state index in [9.17, 15) is 13.3 Å². The second-order valence-corrected chi connectivity index (χ2v) is 8.26. The Labute approximate surface area is 140 Å². The SMILES string of the molecule is Cc1ccc(S(=O)(=O)N(CC2OCC3OC(C)(C)OC23)N=O)cc1. The molecule has 8 nitrogen and oxygen atoms in total. The molecule has 3 unspecified atom stereocenters. The van der Waals surface area contributed by atoms with E-state index in [1.807, 2.05) is 6.92 Å². The monoisotopic (exact) mass is 356 g/mol. The molecular formula is C15H20N2O6S. The van der Waals surface area contributed by atoms with Crippen molar-refractivity contribution < 1.29 is 22.6 Å². The van der Waals surface area contributed by atoms with Crippen molar-refractivity contribution in [2.24, 2.45) is 5.29 Å². The molecule has 1 aromatic rings. The van der Waals surface area contributed by atoms with E-state index in [0.717, 1.165) is 5.56 Å². The first-order chi connectivity index (χ1) is 11.2. The molecule has 132 valence electrons. The summed E-state index contributed by atoms with van der Waals surface area (Å²) < 4.78 is 42.7. The normalized spacial score (nSPS) is 28.5. The van der Waals surface area contributed by atoms with E-state index in [-0.39, 0.29) is 24.2 Å². The third kappa shape index (κ3) is 3.16. The number of hydrogen-bond donors (Lipinski definition) is 0. The molecular weight excluding hydrogens is 336 g/mol. The van der Waals surface area contributed by atoms with Gasteiger partial charge in [0.15, 0.2) is 5.79 Å². The minimum absolute atomic E-state index is 0.00571. The van der Waals surface area contributed by atoms with Crippen LogP contribution in [0.25, 0.3) is 0 Å². The molecule has 0 N–H and O–H groups in total. The zero-order valence-corrected chi connectivity index (χ0v) is 14.5. The fourth-order valence-electron chi connectivity index (χ4n) is 2.94. The maximum atomic E-state index is 12.6. The molecule has 2 heterocycles. The van der Waals surface area contributed by atoms with Gasteiger partial charge < -0.3 is 14.2 Å². The van der Waals surface area contributed by atoms with E-state index in [2.05, 4.69) is 5.29 Å². The van der Waals surface area contributed by atoms with Gasteiger partial charge in [0.2, 0.25) is 0 Å². The highest BCUT2D eigenvalue weighted by Crippen LogP contribution is 2.36. The number of rotatable bonds is 5. The highest BCUT2D eigenvalue weighted by atomic mass is 32.2. The third-order valence-corrected chi connectivity index (χ3v) is 5.72. The van der Waals surface area contributed by atoms with Gasteiger partial charge in [0.1, 0.15) is 18.3 Å². The van der Waals surface area contributed by atoms with Crippen molar-refractivity contribution in [1.82, 2.24) is 4.41 Å². The number of fused-ring (bicyclic) bond motifs is 1. The van der Waals surface area contributed by atoms with Gasteiger partial charge >= 0.3 is 0 Å². The lowest BCUT2D eigenvalue weighted by Gasteiger charge is -2.24. The van der Waals surface area contributed by atoms with Crippen LogP contribution in [-0.4, -0.2) is 50.1 Å². The van der Waals surface area contributed by atoms with Gasteiger partial charge in [-0.1, -0.05) is 17.7 Å². The summed E-state index contributed by atoms with van der Waals surface area (Å²) >= 11 is 0. The molecule has 1 aromatic carbocycles. The molecule has 2 aliphatic rings. The van der Waals surface area contributed by atoms with Crippen LogP contribution in [0.2, 0.25) is 0 Å². The average molecular weight is 356 g/mol. The van der Waals surface area contributed by atoms with E-state index in [1.54, 1.807) is 26.0 Å². The lowest BCUT2D eigenvalue weighted by atomic mass is 10.1. The van der Waals surface area contributed by atoms with Gasteiger partial charge in [0, 0.05) is 0 Å². The summed E-state index contributed by atoms with van der Waals surface area (Å²) in [5.41, 5.74) is 0.917. The van der Waals surface area contributed by atoms with Gasteiger partial charge in [-0.2, -0.15) is 8.42 Å². The minimum Gasteiger partial charge on any atom is -0.371 e. The Bertz CT molecular complexity index is 718. The van der Waals surface area contributed by atoms with E-state index >= 15 is 0 Å². The van der Waals surface area contributed by atoms with Crippen molar-refractivity contribution in [3.63, 3.8) is 0 Å². The fourth-order valence-corrected chi connectivity index (χ4v) is 4.09. The zero-order valence-electron chi connectivity index (χ0n) is 13.7. The highest BCUT2D eigenvalue weighted by molar-refractivity contribution is 7.89. The van der Waals surface area contributed by atoms with E-state index < -0.39 is 28.0 Å². The third-order valence-electron chi connectivity index (χ3n) is 4.09. The number of ether oxygens (including phenoxy) is 3. The smallest absolute Gasteiger partial charge is 0.281 e. The molecule has 2 fully saturated rings. The second kappa shape index (κ2) is 6.07. The largest absolute Gasteiger partial charge is 0.371 e. The fraction of sp³-hybridized carbons (Fsp3) is 0.600. The predicted molar refractivity (Wildman–Crippen MR) is 84.4 cm³/mol. The van der Waals surface area contributed by atoms with Crippen molar-refractivity contribution in [2.45, 2.75) is 49.8 Å². The summed E-state index contributed by atoms with van der Waals surface area (Å²) in [4.78, 5) is 11.2. The summed E-state index contributed by atoms with van der Waals surface area (Å²) in [5.74, 6) is -0.757. The van der Waals surface area contributed by atoms with E-state index in [0.29, 0.717) is 4.41 Å². The molecule has 2 aliphatic heterocycles. The van der Waals surface area contributed by atoms with Crippen LogP contribution in [0, 0.1) is 11.8 Å². The van der Waals surface area contributed by atoms with Crippen LogP contribution in [0.4, 0.5) is 0 Å². The standard InChI is InChI=1S/C15H20N2O6S/c1-10-4-6-11(7-5-10)24(19,20)17(16-18)8-12-14-13(9-21-12)22-15(2,3)23-14/h4-7,12-14H,8-9H2,1-3H3. The second-order valence-electron chi connectivity index (χ2n) is 6.41. The lowest BCUT2D eigenvalue weighted by Crippen LogP contribution is -2.40. The molecule has 9 heteroatoms. The van der Waals surface area contributed by atoms with Gasteiger partial charge in [-0.25, -0.2) is 0 Å². The van der Waals surface area contributed by atoms with E-state index in [1.165, 1.54) is 12.1 Å². The van der Waals surface area contributed by atoms with Gasteiger partial charge in [-0.3, -0.25) is 0 Å². The number of nitroso groups, excluding NO2 is 1. The number of nitrogens with zero attached hydrogens (tertiary/aromatic N) is 2. The maximum Gasteiger partial charge on any atom is 0.281 e. The molecule has 0 aliphatic carbocycles. The molecule has 3 atom stereocenters. The van der Waals surface area contributed by atoms with Crippen LogP contribution in [0.3, 0.4) is 0 Å². The Morgan fingerprint density at radius 2 is 1.92 bits per heavy atom. The minimum atomic E-state index is -4.04. The van der Waals surface area contributed by atoms with Gasteiger partial charge in [-0.15, -0.1) is 9.32 Å². The summed E-state index contributed by atoms with van der Waals surface area (Å²) in [6.07, 6.45) is -1.33. The van der Waals surface area contributed by atoms with Crippen molar-refractivity contribution >= 4 is 10.0 Å². The van der Waals surface area contributed by atoms with Crippen LogP contribution in [0.15, 0.2) is 34.4 Å². The first-order valence-electron chi connectivity index (χ1n) is 7.63. The zero-order chi connectivity index (χ0) is 17.5. The van der Waals surface area contributed by atoms with Crippen LogP contribution < -0.4 is 0 Å². The Morgan fingerprint density at radius 3 is 2.54 bits per heavy atom. The molecule has 0 amide bonds. The van der Waals surface area contributed by atoms with E-state index in [4.69, 9.17) is 14.2 Å². The molecule has 0 aromatic heterocycles. The molecule has 0 bridgehead atoms. The van der Waals surface area contributed by atoms with Crippen LogP contribution >= 0.6 is 0 Å². The van der Waals surface area contributed by atoms with Crippen molar-refractivity contribution in [3.05, 3.63) is 34.7 Å². The highest BCUT2D eigenvalue weighted by Gasteiger charge is 2.51. The number of sulfonamides is 1. The maximum absolute atomic E-state index is 12.6. The first kappa shape index (κ1) is 17.3. The van der Waals surface area contributed by atoms with Gasteiger partial charge in [0.05, 0.1) is 23.3 Å². The lowest BCUT2D eigenvalue weighted by molar-refractivity contribution is -0.175. The first-order valence-corrected chi connectivity index (χ1v) is 9.07. The van der Waals surface area contributed by atoms with Crippen LogP contribution in [0.1, 0.15) is 19.4 Å². The van der Waals surface area contributed by atoms with Crippen LogP contribution in [0.5, 0.6) is 0 Å². The van der Waals surface area contributed by atoms with Crippen molar-refractivity contribution in [3.8, 4) is 0 Å². The Hall–Kier alpha value is -1.55. The molecule has 24 heavy (non-hydrogen) atoms. The Morgan fingerprint density at radius 1 is 1.25 bits per heavy atom. The molecule has 0 saturated carbocycles. The number of aryl methyl sites for hydroxylation is 1. The summed E-state index contributed by atoms with van der Waals surface area (Å²) in [6.45, 7) is 5.47. The van der Waals surface area contributed by atoms with Gasteiger partial charge in [-0.05, 0) is 32.9 Å². The van der Waals surface area contributed by atoms with Crippen LogP contribution in [-0.2, 0) is 24.2 Å². The Balaban J connectivity index is 1.77. The predicted octanol–water partition coefficient (Wildman–Crippen LogP) is 1.59. The summed E-state index contributed by atoms with van der Waals surface area (Å²) in [7, 11) is -4.04. The van der Waals surface area contributed by atoms with Gasteiger partial charge in [0.25, 0.3) is 10.0 Å². The molecule has 3 rings (SSSR count). The molecule has 0 spiro atoms. The molecule has 2 saturated heterocycles. The van der Waals surface area contributed by atoms with Crippen molar-refractivity contribution in [1.29, 1.82) is 0 Å². The topological polar surface area (TPSA) is 94.5 Å². The quantitative estimate of drug-likeness (QED) is 0.587. The number of benzene rings is 1. The number of hydrogen-bond acceptors (Lipinski definition) is 7. The summed E-state index contributed by atoms with van der Waals surface area (Å²) in [5, 5.41) is 2.69. The summed E-state index contributed by atoms with van der Waals surface area (Å²) in [6, 6.07) is 6.21. The van der Waals surface area contributed by atoms with Crippen molar-refractivity contribution in [2.75, 3.05) is 13.2 Å². The average Bonchev–Trinajstić information content (AvgIpc) is 3.00. The molecule has 0 radical (unpaired) electrons.